The van der Waals surface area contributed by atoms with Crippen LogP contribution in [0.25, 0.3) is 0 Å². The van der Waals surface area contributed by atoms with Crippen LogP contribution in [0.5, 0.6) is 0 Å². The van der Waals surface area contributed by atoms with E-state index in [0.29, 0.717) is 10.6 Å². The Morgan fingerprint density at radius 2 is 1.68 bits per heavy atom. The molecule has 0 bridgehead atoms. The third-order valence-corrected chi connectivity index (χ3v) is 5.67. The zero-order valence-electron chi connectivity index (χ0n) is 17.3. The van der Waals surface area contributed by atoms with E-state index in [4.69, 9.17) is 11.6 Å². The van der Waals surface area contributed by atoms with Crippen LogP contribution in [0.3, 0.4) is 0 Å². The van der Waals surface area contributed by atoms with Crippen molar-refractivity contribution in [1.82, 2.24) is 10.7 Å². The number of hydrazine groups is 1. The molecule has 2 atom stereocenters. The predicted molar refractivity (Wildman–Crippen MR) is 121 cm³/mol. The van der Waals surface area contributed by atoms with E-state index >= 15 is 0 Å². The van der Waals surface area contributed by atoms with Crippen molar-refractivity contribution in [1.29, 1.82) is 0 Å². The standard InChI is InChI=1S/C25H22ClN3O2/c1-16-7-9-19(10-8-16)24(30)27-22-23(18-11-13-21(26)14-12-18)29(28-25(22)31)15-20-6-4-3-5-17(20)2/h3-15,22-23H,1-2H3,(H-,27,28,30,31)/p+1/b29-15-/t22-,23+/m1/s1. The molecule has 3 aromatic carbocycles. The van der Waals surface area contributed by atoms with Gasteiger partial charge in [0.1, 0.15) is 0 Å². The predicted octanol–water partition coefficient (Wildman–Crippen LogP) is 3.97. The fourth-order valence-corrected chi connectivity index (χ4v) is 3.78. The number of rotatable bonds is 4. The minimum absolute atomic E-state index is 0.273. The molecule has 6 heteroatoms. The second kappa shape index (κ2) is 8.74. The SMILES string of the molecule is Cc1ccc(C(=O)N[C@H]2C(=O)N/[N+](=C\c3ccccc3C)[C@H]2c2ccc(Cl)cc2)cc1. The maximum absolute atomic E-state index is 12.9. The van der Waals surface area contributed by atoms with Gasteiger partial charge in [0.25, 0.3) is 5.91 Å². The van der Waals surface area contributed by atoms with E-state index in [1.165, 1.54) is 0 Å². The van der Waals surface area contributed by atoms with Gasteiger partial charge in [0.2, 0.25) is 12.3 Å². The Kier molecular flexibility index (Phi) is 5.87. The molecular weight excluding hydrogens is 410 g/mol. The highest BCUT2D eigenvalue weighted by Gasteiger charge is 2.47. The van der Waals surface area contributed by atoms with Gasteiger partial charge < -0.3 is 5.32 Å². The van der Waals surface area contributed by atoms with Gasteiger partial charge >= 0.3 is 5.91 Å². The molecule has 4 rings (SSSR count). The lowest BCUT2D eigenvalue weighted by Crippen LogP contribution is -2.42. The highest BCUT2D eigenvalue weighted by atomic mass is 35.5. The molecule has 1 saturated heterocycles. The highest BCUT2D eigenvalue weighted by molar-refractivity contribution is 6.30. The average molecular weight is 433 g/mol. The minimum Gasteiger partial charge on any atom is -0.334 e. The summed E-state index contributed by atoms with van der Waals surface area (Å²) < 4.78 is 1.76. The van der Waals surface area contributed by atoms with Crippen molar-refractivity contribution in [2.45, 2.75) is 25.9 Å². The van der Waals surface area contributed by atoms with E-state index in [1.54, 1.807) is 28.9 Å². The van der Waals surface area contributed by atoms with E-state index < -0.39 is 12.1 Å². The first kappa shape index (κ1) is 20.8. The van der Waals surface area contributed by atoms with Crippen molar-refractivity contribution < 1.29 is 14.3 Å². The number of amides is 2. The number of carbonyl (C=O) groups is 2. The quantitative estimate of drug-likeness (QED) is 0.613. The van der Waals surface area contributed by atoms with Gasteiger partial charge in [-0.3, -0.25) is 9.59 Å². The maximum atomic E-state index is 12.9. The Bertz CT molecular complexity index is 1150. The van der Waals surface area contributed by atoms with Gasteiger partial charge in [-0.2, -0.15) is 0 Å². The van der Waals surface area contributed by atoms with Gasteiger partial charge in [0.05, 0.1) is 0 Å². The minimum atomic E-state index is -0.768. The van der Waals surface area contributed by atoms with Crippen molar-refractivity contribution in [2.75, 3.05) is 0 Å². The molecule has 0 saturated carbocycles. The van der Waals surface area contributed by atoms with Crippen molar-refractivity contribution in [2.24, 2.45) is 0 Å². The van der Waals surface area contributed by atoms with Crippen LogP contribution in [-0.2, 0) is 4.79 Å². The lowest BCUT2D eigenvalue weighted by Gasteiger charge is -2.15. The van der Waals surface area contributed by atoms with Crippen LogP contribution in [0.1, 0.15) is 38.7 Å². The van der Waals surface area contributed by atoms with E-state index in [0.717, 1.165) is 22.3 Å². The molecule has 2 amide bonds. The number of halogens is 1. The molecule has 0 radical (unpaired) electrons. The number of benzene rings is 3. The molecule has 5 nitrogen and oxygen atoms in total. The molecule has 0 unspecified atom stereocenters. The molecule has 0 spiro atoms. The summed E-state index contributed by atoms with van der Waals surface area (Å²) in [7, 11) is 0. The van der Waals surface area contributed by atoms with E-state index in [-0.39, 0.29) is 11.8 Å². The Hall–Kier alpha value is -3.44. The summed E-state index contributed by atoms with van der Waals surface area (Å²) >= 11 is 6.07. The first-order valence-corrected chi connectivity index (χ1v) is 10.4. The number of hydrogen-bond acceptors (Lipinski definition) is 2. The lowest BCUT2D eigenvalue weighted by molar-refractivity contribution is -0.596. The third-order valence-electron chi connectivity index (χ3n) is 5.42. The molecule has 156 valence electrons. The van der Waals surface area contributed by atoms with E-state index in [1.807, 2.05) is 68.6 Å². The monoisotopic (exact) mass is 432 g/mol. The Labute approximate surface area is 186 Å². The van der Waals surface area contributed by atoms with Crippen LogP contribution in [0.15, 0.2) is 72.8 Å². The highest BCUT2D eigenvalue weighted by Crippen LogP contribution is 2.27. The van der Waals surface area contributed by atoms with Crippen LogP contribution in [0, 0.1) is 13.8 Å². The molecular formula is C25H23ClN3O2+. The second-order valence-electron chi connectivity index (χ2n) is 7.68. The van der Waals surface area contributed by atoms with Gasteiger partial charge in [-0.25, -0.2) is 0 Å². The van der Waals surface area contributed by atoms with Crippen molar-refractivity contribution in [3.8, 4) is 0 Å². The summed E-state index contributed by atoms with van der Waals surface area (Å²) in [5, 5.41) is 3.52. The molecule has 0 aromatic heterocycles. The van der Waals surface area contributed by atoms with Crippen LogP contribution in [0.2, 0.25) is 5.02 Å². The Morgan fingerprint density at radius 3 is 2.35 bits per heavy atom. The third kappa shape index (κ3) is 4.52. The molecule has 1 aliphatic heterocycles. The largest absolute Gasteiger partial charge is 0.334 e. The molecule has 31 heavy (non-hydrogen) atoms. The second-order valence-corrected chi connectivity index (χ2v) is 8.12. The average Bonchev–Trinajstić information content (AvgIpc) is 3.05. The van der Waals surface area contributed by atoms with Gasteiger partial charge in [0, 0.05) is 21.7 Å². The van der Waals surface area contributed by atoms with Crippen LogP contribution in [0.4, 0.5) is 0 Å². The smallest absolute Gasteiger partial charge is 0.304 e. The number of carbonyl (C=O) groups excluding carboxylic acids is 2. The number of hydrazone groups is 1. The first-order valence-electron chi connectivity index (χ1n) is 10.0. The van der Waals surface area contributed by atoms with Gasteiger partial charge in [-0.15, -0.1) is 10.1 Å². The molecule has 2 N–H and O–H groups in total. The van der Waals surface area contributed by atoms with Crippen molar-refractivity contribution in [3.63, 3.8) is 0 Å². The fourth-order valence-electron chi connectivity index (χ4n) is 3.65. The molecule has 1 heterocycles. The number of aryl methyl sites for hydroxylation is 2. The lowest BCUT2D eigenvalue weighted by atomic mass is 9.99. The van der Waals surface area contributed by atoms with Gasteiger partial charge in [-0.1, -0.05) is 59.6 Å². The van der Waals surface area contributed by atoms with Crippen LogP contribution in [-0.4, -0.2) is 28.8 Å². The Balaban J connectivity index is 1.71. The first-order chi connectivity index (χ1) is 14.9. The van der Waals surface area contributed by atoms with Crippen LogP contribution < -0.4 is 10.7 Å². The fraction of sp³-hybridized carbons (Fsp3) is 0.160. The van der Waals surface area contributed by atoms with Crippen molar-refractivity contribution >= 4 is 29.6 Å². The number of nitrogens with zero attached hydrogens (tertiary/aromatic N) is 1. The van der Waals surface area contributed by atoms with E-state index in [2.05, 4.69) is 10.7 Å². The normalized spacial score (nSPS) is 19.3. The summed E-state index contributed by atoms with van der Waals surface area (Å²) in [6.07, 6.45) is 1.89. The number of hydrogen-bond donors (Lipinski definition) is 2. The summed E-state index contributed by atoms with van der Waals surface area (Å²) in [4.78, 5) is 25.8. The van der Waals surface area contributed by atoms with E-state index in [9.17, 15) is 9.59 Å². The summed E-state index contributed by atoms with van der Waals surface area (Å²) in [6.45, 7) is 3.97. The van der Waals surface area contributed by atoms with Gasteiger partial charge in [0.15, 0.2) is 6.04 Å². The molecule has 3 aromatic rings. The molecule has 0 aliphatic carbocycles. The zero-order valence-corrected chi connectivity index (χ0v) is 18.1. The Morgan fingerprint density at radius 1 is 1.00 bits per heavy atom. The van der Waals surface area contributed by atoms with Gasteiger partial charge in [-0.05, 0) is 49.7 Å². The summed E-state index contributed by atoms with van der Waals surface area (Å²) in [5.74, 6) is -0.567. The van der Waals surface area contributed by atoms with Crippen molar-refractivity contribution in [3.05, 3.63) is 106 Å². The van der Waals surface area contributed by atoms with Crippen LogP contribution >= 0.6 is 11.6 Å². The zero-order chi connectivity index (χ0) is 22.0. The maximum Gasteiger partial charge on any atom is 0.304 e. The number of nitrogens with one attached hydrogen (secondary N) is 2. The summed E-state index contributed by atoms with van der Waals surface area (Å²) in [6, 6.07) is 21.3. The topological polar surface area (TPSA) is 61.2 Å². The molecule has 1 fully saturated rings. The molecule has 1 aliphatic rings. The summed E-state index contributed by atoms with van der Waals surface area (Å²) in [5.41, 5.74) is 7.40.